The summed E-state index contributed by atoms with van der Waals surface area (Å²) in [4.78, 5) is 0. The molecule has 2 heteroatoms. The minimum absolute atomic E-state index is 0.861. The van der Waals surface area contributed by atoms with Crippen LogP contribution in [0.1, 0.15) is 26.7 Å². The molecule has 0 fully saturated rings. The summed E-state index contributed by atoms with van der Waals surface area (Å²) in [6, 6.07) is 0. The molecule has 0 rings (SSSR count). The van der Waals surface area contributed by atoms with Gasteiger partial charge in [0.15, 0.2) is 0 Å². The molecule has 2 unspecified atom stereocenters. The largest absolute Gasteiger partial charge is 0.135 e. The fourth-order valence-corrected chi connectivity index (χ4v) is 2.34. The van der Waals surface area contributed by atoms with Gasteiger partial charge in [-0.05, 0) is 11.6 Å². The van der Waals surface area contributed by atoms with Gasteiger partial charge in [0.25, 0.3) is 0 Å². The molecule has 0 saturated heterocycles. The second-order valence-corrected chi connectivity index (χ2v) is 3.89. The van der Waals surface area contributed by atoms with E-state index in [1.807, 2.05) is 0 Å². The summed E-state index contributed by atoms with van der Waals surface area (Å²) in [5.74, 6) is 0.935. The van der Waals surface area contributed by atoms with Crippen LogP contribution in [0.25, 0.3) is 0 Å². The van der Waals surface area contributed by atoms with E-state index in [0.717, 1.165) is 11.6 Å². The van der Waals surface area contributed by atoms with Crippen molar-refractivity contribution in [3.8, 4) is 0 Å². The molecular formula is C8H20BP. The van der Waals surface area contributed by atoms with Crippen LogP contribution in [0.3, 0.4) is 0 Å². The maximum absolute atomic E-state index is 2.98. The molecule has 60 valence electrons. The standard InChI is InChI=1S/C8H20BP/c1-4-7(5-2)8(10)6-9-3/h7-9H,4-6,10H2,1-3H3. The summed E-state index contributed by atoms with van der Waals surface area (Å²) in [5, 5.41) is 0. The predicted molar refractivity (Wildman–Crippen MR) is 55.4 cm³/mol. The maximum atomic E-state index is 2.98. The second-order valence-electron chi connectivity index (χ2n) is 3.03. The Bertz CT molecular complexity index is 71.7. The summed E-state index contributed by atoms with van der Waals surface area (Å²) in [6.45, 7) is 6.85. The third-order valence-corrected chi connectivity index (χ3v) is 3.15. The summed E-state index contributed by atoms with van der Waals surface area (Å²) in [7, 11) is 4.31. The molecule has 0 aliphatic heterocycles. The van der Waals surface area contributed by atoms with Crippen LogP contribution in [-0.4, -0.2) is 12.9 Å². The lowest BCUT2D eigenvalue weighted by Crippen LogP contribution is -2.13. The second kappa shape index (κ2) is 6.22. The molecular weight excluding hydrogens is 138 g/mol. The molecule has 0 amide bonds. The van der Waals surface area contributed by atoms with Crippen molar-refractivity contribution in [2.45, 2.75) is 45.5 Å². The fraction of sp³-hybridized carbons (Fsp3) is 1.00. The Balaban J connectivity index is 3.53. The summed E-state index contributed by atoms with van der Waals surface area (Å²) in [5.41, 5.74) is 0.861. The van der Waals surface area contributed by atoms with Crippen LogP contribution in [0.5, 0.6) is 0 Å². The van der Waals surface area contributed by atoms with Crippen molar-refractivity contribution in [2.24, 2.45) is 5.92 Å². The van der Waals surface area contributed by atoms with Crippen molar-refractivity contribution in [3.63, 3.8) is 0 Å². The van der Waals surface area contributed by atoms with E-state index < -0.39 is 0 Å². The number of hydrogen-bond donors (Lipinski definition) is 0. The average molecular weight is 158 g/mol. The van der Waals surface area contributed by atoms with Crippen LogP contribution < -0.4 is 0 Å². The van der Waals surface area contributed by atoms with Gasteiger partial charge in [0.2, 0.25) is 0 Å². The van der Waals surface area contributed by atoms with Crippen molar-refractivity contribution >= 4 is 16.5 Å². The van der Waals surface area contributed by atoms with Gasteiger partial charge >= 0.3 is 0 Å². The van der Waals surface area contributed by atoms with Gasteiger partial charge in [-0.25, -0.2) is 0 Å². The molecule has 0 nitrogen and oxygen atoms in total. The Morgan fingerprint density at radius 2 is 1.80 bits per heavy atom. The van der Waals surface area contributed by atoms with Crippen LogP contribution in [0.4, 0.5) is 0 Å². The molecule has 0 bridgehead atoms. The van der Waals surface area contributed by atoms with Crippen molar-refractivity contribution in [1.29, 1.82) is 0 Å². The van der Waals surface area contributed by atoms with Crippen LogP contribution in [0, 0.1) is 5.92 Å². The smallest absolute Gasteiger partial charge is 0.118 e. The van der Waals surface area contributed by atoms with Gasteiger partial charge in [-0.15, -0.1) is 9.24 Å². The molecule has 2 atom stereocenters. The Hall–Kier alpha value is 0.495. The van der Waals surface area contributed by atoms with Crippen LogP contribution in [0.2, 0.25) is 13.1 Å². The highest BCUT2D eigenvalue weighted by atomic mass is 31.0. The topological polar surface area (TPSA) is 0 Å². The minimum atomic E-state index is 0.861. The molecule has 0 spiro atoms. The van der Waals surface area contributed by atoms with Gasteiger partial charge in [-0.1, -0.05) is 39.8 Å². The molecule has 0 aromatic carbocycles. The average Bonchev–Trinajstić information content (AvgIpc) is 1.91. The van der Waals surface area contributed by atoms with Gasteiger partial charge in [0, 0.05) is 0 Å². The highest BCUT2D eigenvalue weighted by molar-refractivity contribution is 7.17. The zero-order valence-corrected chi connectivity index (χ0v) is 8.72. The Labute approximate surface area is 68.6 Å². The van der Waals surface area contributed by atoms with Crippen molar-refractivity contribution in [3.05, 3.63) is 0 Å². The lowest BCUT2D eigenvalue weighted by atomic mass is 9.73. The fourth-order valence-electron chi connectivity index (χ4n) is 1.46. The molecule has 0 aliphatic carbocycles. The highest BCUT2D eigenvalue weighted by Gasteiger charge is 2.11. The van der Waals surface area contributed by atoms with Crippen molar-refractivity contribution < 1.29 is 0 Å². The van der Waals surface area contributed by atoms with E-state index in [0.29, 0.717) is 0 Å². The Morgan fingerprint density at radius 3 is 2.10 bits per heavy atom. The third-order valence-electron chi connectivity index (χ3n) is 2.28. The van der Waals surface area contributed by atoms with Gasteiger partial charge < -0.3 is 0 Å². The summed E-state index contributed by atoms with van der Waals surface area (Å²) in [6.07, 6.45) is 4.05. The lowest BCUT2D eigenvalue weighted by Gasteiger charge is -2.19. The van der Waals surface area contributed by atoms with E-state index in [4.69, 9.17) is 0 Å². The molecule has 0 radical (unpaired) electrons. The zero-order chi connectivity index (χ0) is 7.98. The van der Waals surface area contributed by atoms with Gasteiger partial charge in [0.05, 0.1) is 0 Å². The maximum Gasteiger partial charge on any atom is 0.118 e. The van der Waals surface area contributed by atoms with Crippen molar-refractivity contribution in [2.75, 3.05) is 0 Å². The van der Waals surface area contributed by atoms with E-state index in [1.165, 1.54) is 26.4 Å². The van der Waals surface area contributed by atoms with E-state index in [2.05, 4.69) is 29.9 Å². The number of rotatable bonds is 5. The van der Waals surface area contributed by atoms with E-state index in [-0.39, 0.29) is 0 Å². The zero-order valence-electron chi connectivity index (χ0n) is 7.56. The number of hydrogen-bond acceptors (Lipinski definition) is 0. The third kappa shape index (κ3) is 3.61. The molecule has 10 heavy (non-hydrogen) atoms. The SMILES string of the molecule is CBCC(P)C(CC)CC. The van der Waals surface area contributed by atoms with Crippen molar-refractivity contribution in [1.82, 2.24) is 0 Å². The van der Waals surface area contributed by atoms with E-state index >= 15 is 0 Å². The first kappa shape index (κ1) is 10.5. The van der Waals surface area contributed by atoms with Crippen LogP contribution in [-0.2, 0) is 0 Å². The lowest BCUT2D eigenvalue weighted by molar-refractivity contribution is 0.488. The van der Waals surface area contributed by atoms with Gasteiger partial charge in [0.1, 0.15) is 7.28 Å². The normalized spacial score (nSPS) is 13.7. The predicted octanol–water partition coefficient (Wildman–Crippen LogP) is 2.57. The van der Waals surface area contributed by atoms with Gasteiger partial charge in [-0.2, -0.15) is 0 Å². The Morgan fingerprint density at radius 1 is 1.30 bits per heavy atom. The highest BCUT2D eigenvalue weighted by Crippen LogP contribution is 2.23. The van der Waals surface area contributed by atoms with E-state index in [1.54, 1.807) is 0 Å². The first-order chi connectivity index (χ1) is 4.76. The minimum Gasteiger partial charge on any atom is -0.135 e. The molecule has 0 N–H and O–H groups in total. The first-order valence-corrected chi connectivity index (χ1v) is 5.18. The molecule has 0 heterocycles. The van der Waals surface area contributed by atoms with Crippen LogP contribution >= 0.6 is 9.24 Å². The van der Waals surface area contributed by atoms with E-state index in [9.17, 15) is 0 Å². The summed E-state index contributed by atoms with van der Waals surface area (Å²) >= 11 is 0. The molecule has 0 saturated carbocycles. The molecule has 0 aromatic rings. The van der Waals surface area contributed by atoms with Gasteiger partial charge in [-0.3, -0.25) is 0 Å². The quantitative estimate of drug-likeness (QED) is 0.426. The summed E-state index contributed by atoms with van der Waals surface area (Å²) < 4.78 is 0. The molecule has 0 aromatic heterocycles. The monoisotopic (exact) mass is 158 g/mol. The molecule has 0 aliphatic rings. The Kier molecular flexibility index (Phi) is 6.53. The van der Waals surface area contributed by atoms with Crippen LogP contribution in [0.15, 0.2) is 0 Å². The first-order valence-electron chi connectivity index (χ1n) is 4.51.